The number of carbonyl (C=O) groups excluding carboxylic acids is 2. The lowest BCUT2D eigenvalue weighted by Crippen LogP contribution is -2.23. The number of esters is 2. The highest BCUT2D eigenvalue weighted by Crippen LogP contribution is 2.31. The molecule has 2 atom stereocenters. The van der Waals surface area contributed by atoms with E-state index in [1.54, 1.807) is 25.1 Å². The van der Waals surface area contributed by atoms with E-state index in [1.807, 2.05) is 60.0 Å². The molecule has 2 heterocycles. The van der Waals surface area contributed by atoms with E-state index in [0.29, 0.717) is 48.9 Å². The number of aromatic amines is 1. The molecule has 0 fully saturated rings. The van der Waals surface area contributed by atoms with Crippen LogP contribution in [-0.4, -0.2) is 76.9 Å². The number of imidazole rings is 1. The second-order valence-corrected chi connectivity index (χ2v) is 10.6. The molecule has 0 aliphatic carbocycles. The van der Waals surface area contributed by atoms with E-state index in [9.17, 15) is 9.59 Å². The van der Waals surface area contributed by atoms with E-state index < -0.39 is 24.3 Å². The van der Waals surface area contributed by atoms with E-state index >= 15 is 0 Å². The number of rotatable bonds is 15. The van der Waals surface area contributed by atoms with Crippen molar-refractivity contribution >= 4 is 23.0 Å². The highest BCUT2D eigenvalue weighted by atomic mass is 17.1. The summed E-state index contributed by atoms with van der Waals surface area (Å²) in [5.74, 6) is -0.771. The van der Waals surface area contributed by atoms with E-state index in [4.69, 9.17) is 24.6 Å². The number of para-hydroxylation sites is 1. The molecule has 15 heteroatoms. The Morgan fingerprint density at radius 3 is 2.45 bits per heavy atom. The number of tetrazole rings is 1. The Balaban J connectivity index is 1.32. The number of benzene rings is 3. The van der Waals surface area contributed by atoms with Crippen molar-refractivity contribution in [3.63, 3.8) is 0 Å². The van der Waals surface area contributed by atoms with Gasteiger partial charge >= 0.3 is 11.9 Å². The van der Waals surface area contributed by atoms with E-state index in [1.165, 1.54) is 6.92 Å². The summed E-state index contributed by atoms with van der Waals surface area (Å²) in [5, 5.41) is 31.5. The first-order valence-electron chi connectivity index (χ1n) is 15.0. The minimum Gasteiger partial charge on any atom is -0.465 e. The Bertz CT molecular complexity index is 1790. The van der Waals surface area contributed by atoms with Crippen molar-refractivity contribution in [3.8, 4) is 28.5 Å². The van der Waals surface area contributed by atoms with Crippen LogP contribution in [0.4, 0.5) is 0 Å². The Morgan fingerprint density at radius 1 is 0.979 bits per heavy atom. The molecule has 3 aromatic carbocycles. The molecule has 47 heavy (non-hydrogen) atoms. The van der Waals surface area contributed by atoms with Gasteiger partial charge in [0, 0.05) is 18.9 Å². The maximum atomic E-state index is 13.4. The van der Waals surface area contributed by atoms with Crippen molar-refractivity contribution in [3.05, 3.63) is 77.9 Å². The normalized spacial score (nSPS) is 12.6. The van der Waals surface area contributed by atoms with E-state index in [0.717, 1.165) is 22.3 Å². The molecule has 0 bridgehead atoms. The van der Waals surface area contributed by atoms with E-state index in [-0.39, 0.29) is 17.4 Å². The number of ether oxygens (including phenoxy) is 3. The zero-order chi connectivity index (χ0) is 33.3. The number of nitrogens with zero attached hydrogens (tertiary/aromatic N) is 6. The predicted molar refractivity (Wildman–Crippen MR) is 166 cm³/mol. The molecule has 3 N–H and O–H groups in total. The fraction of sp³-hybridized carbons (Fsp3) is 0.312. The first kappa shape index (κ1) is 33.2. The summed E-state index contributed by atoms with van der Waals surface area (Å²) in [4.78, 5) is 35.0. The van der Waals surface area contributed by atoms with Gasteiger partial charge in [-0.15, -0.1) is 10.2 Å². The number of aromatic nitrogens is 6. The molecule has 0 saturated heterocycles. The van der Waals surface area contributed by atoms with Crippen molar-refractivity contribution in [1.82, 2.24) is 35.6 Å². The van der Waals surface area contributed by atoms with Crippen LogP contribution in [0.2, 0.25) is 0 Å². The summed E-state index contributed by atoms with van der Waals surface area (Å²) >= 11 is 0. The quantitative estimate of drug-likeness (QED) is 0.0789. The summed E-state index contributed by atoms with van der Waals surface area (Å²) in [7, 11) is 0. The Hall–Kier alpha value is -5.22. The number of hydrogen-bond acceptors (Lipinski definition) is 13. The summed E-state index contributed by atoms with van der Waals surface area (Å²) < 4.78 is 18.4. The second-order valence-electron chi connectivity index (χ2n) is 10.6. The molecule has 15 nitrogen and oxygen atoms in total. The zero-order valence-electron chi connectivity index (χ0n) is 26.1. The van der Waals surface area contributed by atoms with Gasteiger partial charge in [-0.05, 0) is 60.7 Å². The molecule has 0 radical (unpaired) electrons. The fourth-order valence-corrected chi connectivity index (χ4v) is 5.12. The van der Waals surface area contributed by atoms with Crippen molar-refractivity contribution < 1.29 is 39.1 Å². The fourth-order valence-electron chi connectivity index (χ4n) is 5.12. The van der Waals surface area contributed by atoms with Crippen molar-refractivity contribution in [2.45, 2.75) is 59.0 Å². The van der Waals surface area contributed by atoms with Crippen LogP contribution in [0.25, 0.3) is 33.5 Å². The number of nitrogens with one attached hydrogen (secondary N) is 1. The standard InChI is InChI=1S/C32H35N7O8/c1-4-44-32-33-27-13-8-12-26(31(41)46-21(3)45-28(40)14-7-9-20(2)47-39(42)43)29(27)38(32)19-22-15-17-23(18-16-22)24-10-5-6-11-25(24)30-34-36-37-35-30/h5-6,8,10-13,15-18,20-21,42-43H,4,7,9,14,19H2,1-3H3,(H,34,35,36,37). The van der Waals surface area contributed by atoms with Gasteiger partial charge in [0.05, 0.1) is 41.2 Å². The van der Waals surface area contributed by atoms with Gasteiger partial charge in [-0.2, -0.15) is 10.2 Å². The molecular formula is C32H35N7O8. The van der Waals surface area contributed by atoms with Gasteiger partial charge < -0.3 is 14.2 Å². The predicted octanol–water partition coefficient (Wildman–Crippen LogP) is 4.95. The second kappa shape index (κ2) is 15.4. The van der Waals surface area contributed by atoms with Crippen LogP contribution < -0.4 is 4.74 Å². The molecule has 5 aromatic rings. The van der Waals surface area contributed by atoms with Crippen molar-refractivity contribution in [2.75, 3.05) is 6.61 Å². The Labute approximate surface area is 269 Å². The molecule has 0 spiro atoms. The lowest BCUT2D eigenvalue weighted by molar-refractivity contribution is -0.503. The summed E-state index contributed by atoms with van der Waals surface area (Å²) in [6.07, 6.45) is -0.939. The van der Waals surface area contributed by atoms with Gasteiger partial charge in [-0.3, -0.25) is 19.8 Å². The van der Waals surface area contributed by atoms with Crippen molar-refractivity contribution in [2.24, 2.45) is 0 Å². The molecule has 2 unspecified atom stereocenters. The van der Waals surface area contributed by atoms with Gasteiger partial charge in [0.1, 0.15) is 0 Å². The number of carbonyl (C=O) groups is 2. The highest BCUT2D eigenvalue weighted by molar-refractivity contribution is 6.02. The van der Waals surface area contributed by atoms with Crippen LogP contribution in [-0.2, 0) is 25.7 Å². The molecule has 246 valence electrons. The number of H-pyrrole nitrogens is 1. The highest BCUT2D eigenvalue weighted by Gasteiger charge is 2.23. The molecule has 0 amide bonds. The van der Waals surface area contributed by atoms with Crippen LogP contribution in [0.15, 0.2) is 66.7 Å². The maximum absolute atomic E-state index is 13.4. The molecule has 5 rings (SSSR count). The molecule has 2 aromatic heterocycles. The monoisotopic (exact) mass is 645 g/mol. The van der Waals surface area contributed by atoms with Crippen LogP contribution in [0, 0.1) is 0 Å². The molecule has 0 aliphatic rings. The van der Waals surface area contributed by atoms with Crippen LogP contribution in [0.5, 0.6) is 6.01 Å². The van der Waals surface area contributed by atoms with E-state index in [2.05, 4.69) is 30.4 Å². The SMILES string of the molecule is CCOc1nc2cccc(C(=O)OC(C)OC(=O)CCCC(C)ON(O)O)c2n1Cc1ccc(-c2ccccc2-c2nn[nH]n2)cc1. The topological polar surface area (TPSA) is 187 Å². The lowest BCUT2D eigenvalue weighted by Gasteiger charge is -2.16. The third-order valence-electron chi connectivity index (χ3n) is 7.18. The molecule has 0 saturated carbocycles. The third-order valence-corrected chi connectivity index (χ3v) is 7.18. The first-order chi connectivity index (χ1) is 22.7. The summed E-state index contributed by atoms with van der Waals surface area (Å²) in [5.41, 5.74) is 4.98. The van der Waals surface area contributed by atoms with Gasteiger partial charge in [0.15, 0.2) is 0 Å². The average Bonchev–Trinajstić information content (AvgIpc) is 3.70. The largest absolute Gasteiger partial charge is 0.465 e. The maximum Gasteiger partial charge on any atom is 0.343 e. The third kappa shape index (κ3) is 8.33. The van der Waals surface area contributed by atoms with Gasteiger partial charge in [0.2, 0.25) is 12.1 Å². The number of hydrogen-bond donors (Lipinski definition) is 3. The van der Waals surface area contributed by atoms with Gasteiger partial charge in [-0.1, -0.05) is 54.6 Å². The lowest BCUT2D eigenvalue weighted by atomic mass is 9.98. The molecule has 0 aliphatic heterocycles. The number of fused-ring (bicyclic) bond motifs is 1. The van der Waals surface area contributed by atoms with Crippen LogP contribution in [0.1, 0.15) is 56.0 Å². The smallest absolute Gasteiger partial charge is 0.343 e. The zero-order valence-corrected chi connectivity index (χ0v) is 26.1. The average molecular weight is 646 g/mol. The van der Waals surface area contributed by atoms with Gasteiger partial charge in [0.25, 0.3) is 6.01 Å². The van der Waals surface area contributed by atoms with Crippen molar-refractivity contribution in [1.29, 1.82) is 0 Å². The minimum atomic E-state index is -1.16. The first-order valence-corrected chi connectivity index (χ1v) is 15.0. The summed E-state index contributed by atoms with van der Waals surface area (Å²) in [6, 6.07) is 21.2. The summed E-state index contributed by atoms with van der Waals surface area (Å²) in [6.45, 7) is 5.64. The minimum absolute atomic E-state index is 0.0218. The van der Waals surface area contributed by atoms with Gasteiger partial charge in [-0.25, -0.2) is 9.63 Å². The van der Waals surface area contributed by atoms with Crippen LogP contribution in [0.3, 0.4) is 0 Å². The Kier molecular flexibility index (Phi) is 10.8. The van der Waals surface area contributed by atoms with Crippen LogP contribution >= 0.6 is 0 Å². The molecular weight excluding hydrogens is 610 g/mol. The Morgan fingerprint density at radius 2 is 1.74 bits per heavy atom.